The highest BCUT2D eigenvalue weighted by Crippen LogP contribution is 2.23. The maximum absolute atomic E-state index is 11.7. The molecule has 1 heterocycles. The molecular formula is C16H17N5O6. The minimum absolute atomic E-state index is 0.113. The highest BCUT2D eigenvalue weighted by atomic mass is 16.6. The summed E-state index contributed by atoms with van der Waals surface area (Å²) in [4.78, 5) is 48.1. The first-order valence-corrected chi connectivity index (χ1v) is 7.37. The van der Waals surface area contributed by atoms with E-state index in [9.17, 15) is 29.6 Å². The smallest absolute Gasteiger partial charge is 0.315 e. The van der Waals surface area contributed by atoms with Crippen LogP contribution >= 0.6 is 0 Å². The van der Waals surface area contributed by atoms with Crippen LogP contribution in [-0.2, 0) is 14.4 Å². The Morgan fingerprint density at radius 3 is 2.30 bits per heavy atom. The number of rotatable bonds is 4. The van der Waals surface area contributed by atoms with Crippen LogP contribution in [0, 0.1) is 10.1 Å². The number of hydrogen-bond acceptors (Lipinski definition) is 7. The first-order valence-electron chi connectivity index (χ1n) is 7.37. The number of amides is 3. The van der Waals surface area contributed by atoms with Gasteiger partial charge in [0.15, 0.2) is 11.6 Å². The van der Waals surface area contributed by atoms with Gasteiger partial charge in [-0.25, -0.2) is 4.98 Å². The summed E-state index contributed by atoms with van der Waals surface area (Å²) < 4.78 is 0. The topological polar surface area (TPSA) is 155 Å². The molecule has 0 saturated carbocycles. The number of aromatic nitrogens is 1. The number of nitrogens with one attached hydrogen (secondary N) is 2. The number of pyridine rings is 1. The van der Waals surface area contributed by atoms with Gasteiger partial charge in [0.1, 0.15) is 5.69 Å². The standard InChI is InChI=1S/C13H10N4O5.C3H7NO/c18-10-6-3-7-14-11(10)16-13(20)12(19)15-8-4-1-2-5-9(8)17(21)22;1-4(2)3-5/h1-7,18H,(H,15,19)(H,14,16,20);3H,1-2H3. The van der Waals surface area contributed by atoms with Crippen LogP contribution in [0.3, 0.4) is 0 Å². The van der Waals surface area contributed by atoms with Gasteiger partial charge in [-0.05, 0) is 18.2 Å². The molecule has 0 aliphatic rings. The molecule has 0 radical (unpaired) electrons. The van der Waals surface area contributed by atoms with Crippen LogP contribution in [0.25, 0.3) is 0 Å². The highest BCUT2D eigenvalue weighted by molar-refractivity contribution is 6.43. The number of anilines is 2. The van der Waals surface area contributed by atoms with Crippen molar-refractivity contribution in [3.63, 3.8) is 0 Å². The Kier molecular flexibility index (Phi) is 7.85. The van der Waals surface area contributed by atoms with Crippen molar-refractivity contribution in [3.05, 3.63) is 52.7 Å². The third kappa shape index (κ3) is 6.78. The highest BCUT2D eigenvalue weighted by Gasteiger charge is 2.20. The Morgan fingerprint density at radius 2 is 1.74 bits per heavy atom. The van der Waals surface area contributed by atoms with Crippen molar-refractivity contribution in [1.82, 2.24) is 9.88 Å². The second kappa shape index (κ2) is 10.1. The molecule has 11 nitrogen and oxygen atoms in total. The molecular weight excluding hydrogens is 358 g/mol. The van der Waals surface area contributed by atoms with Crippen molar-refractivity contribution in [2.24, 2.45) is 0 Å². The normalized spacial score (nSPS) is 9.26. The zero-order valence-corrected chi connectivity index (χ0v) is 14.4. The fourth-order valence-corrected chi connectivity index (χ4v) is 1.58. The van der Waals surface area contributed by atoms with Gasteiger partial charge in [0.05, 0.1) is 4.92 Å². The molecule has 1 aromatic carbocycles. The molecule has 27 heavy (non-hydrogen) atoms. The van der Waals surface area contributed by atoms with E-state index in [-0.39, 0.29) is 22.9 Å². The van der Waals surface area contributed by atoms with Crippen LogP contribution in [0.2, 0.25) is 0 Å². The molecule has 11 heteroatoms. The molecule has 0 saturated heterocycles. The zero-order valence-electron chi connectivity index (χ0n) is 14.4. The molecule has 142 valence electrons. The monoisotopic (exact) mass is 375 g/mol. The summed E-state index contributed by atoms with van der Waals surface area (Å²) in [5.41, 5.74) is -0.456. The Labute approximate surface area is 153 Å². The predicted molar refractivity (Wildman–Crippen MR) is 96.0 cm³/mol. The zero-order chi connectivity index (χ0) is 20.4. The van der Waals surface area contributed by atoms with E-state index in [1.54, 1.807) is 14.1 Å². The summed E-state index contributed by atoms with van der Waals surface area (Å²) in [5.74, 6) is -2.74. The number of hydrogen-bond donors (Lipinski definition) is 3. The minimum Gasteiger partial charge on any atom is -0.504 e. The van der Waals surface area contributed by atoms with E-state index in [0.29, 0.717) is 0 Å². The average molecular weight is 375 g/mol. The maximum Gasteiger partial charge on any atom is 0.315 e. The van der Waals surface area contributed by atoms with E-state index in [4.69, 9.17) is 0 Å². The number of aromatic hydroxyl groups is 1. The lowest BCUT2D eigenvalue weighted by Crippen LogP contribution is -2.29. The molecule has 0 fully saturated rings. The Bertz CT molecular complexity index is 840. The SMILES string of the molecule is CN(C)C=O.O=C(Nc1ccccc1[N+](=O)[O-])C(=O)Nc1ncccc1O. The lowest BCUT2D eigenvalue weighted by atomic mass is 10.2. The second-order valence-electron chi connectivity index (χ2n) is 5.12. The molecule has 0 spiro atoms. The van der Waals surface area contributed by atoms with Gasteiger partial charge in [0.25, 0.3) is 5.69 Å². The maximum atomic E-state index is 11.7. The van der Waals surface area contributed by atoms with Gasteiger partial charge >= 0.3 is 11.8 Å². The largest absolute Gasteiger partial charge is 0.504 e. The lowest BCUT2D eigenvalue weighted by molar-refractivity contribution is -0.383. The van der Waals surface area contributed by atoms with Crippen LogP contribution < -0.4 is 10.6 Å². The Balaban J connectivity index is 0.000000646. The van der Waals surface area contributed by atoms with Crippen molar-refractivity contribution in [2.45, 2.75) is 0 Å². The van der Waals surface area contributed by atoms with Gasteiger partial charge in [-0.3, -0.25) is 29.8 Å². The van der Waals surface area contributed by atoms with Crippen molar-refractivity contribution in [2.75, 3.05) is 24.7 Å². The predicted octanol–water partition coefficient (Wildman–Crippen LogP) is 0.977. The molecule has 0 aliphatic heterocycles. The minimum atomic E-state index is -1.13. The van der Waals surface area contributed by atoms with Crippen molar-refractivity contribution >= 4 is 35.4 Å². The van der Waals surface area contributed by atoms with Crippen molar-refractivity contribution < 1.29 is 24.4 Å². The third-order valence-corrected chi connectivity index (χ3v) is 2.78. The van der Waals surface area contributed by atoms with Gasteiger partial charge in [-0.15, -0.1) is 0 Å². The second-order valence-corrected chi connectivity index (χ2v) is 5.12. The van der Waals surface area contributed by atoms with Crippen molar-refractivity contribution in [3.8, 4) is 5.75 Å². The lowest BCUT2D eigenvalue weighted by Gasteiger charge is -2.07. The Hall–Kier alpha value is -4.02. The summed E-state index contributed by atoms with van der Waals surface area (Å²) in [6.45, 7) is 0. The number of para-hydroxylation sites is 2. The van der Waals surface area contributed by atoms with E-state index < -0.39 is 16.7 Å². The molecule has 0 aliphatic carbocycles. The van der Waals surface area contributed by atoms with Gasteiger partial charge in [0, 0.05) is 26.4 Å². The number of nitro groups is 1. The van der Waals surface area contributed by atoms with Crippen LogP contribution in [0.1, 0.15) is 0 Å². The number of carbonyl (C=O) groups is 3. The molecule has 3 amide bonds. The molecule has 0 atom stereocenters. The first-order chi connectivity index (χ1) is 12.8. The number of nitro benzene ring substituents is 1. The van der Waals surface area contributed by atoms with Gasteiger partial charge < -0.3 is 15.3 Å². The fraction of sp³-hybridized carbons (Fsp3) is 0.125. The first kappa shape index (κ1) is 21.0. The van der Waals surface area contributed by atoms with E-state index in [0.717, 1.165) is 6.41 Å². The number of benzene rings is 1. The van der Waals surface area contributed by atoms with Crippen LogP contribution in [-0.4, -0.2) is 52.2 Å². The molecule has 0 unspecified atom stereocenters. The number of carbonyl (C=O) groups excluding carboxylic acids is 3. The van der Waals surface area contributed by atoms with Gasteiger partial charge in [-0.1, -0.05) is 12.1 Å². The van der Waals surface area contributed by atoms with Crippen LogP contribution in [0.15, 0.2) is 42.6 Å². The van der Waals surface area contributed by atoms with E-state index >= 15 is 0 Å². The van der Waals surface area contributed by atoms with Gasteiger partial charge in [-0.2, -0.15) is 0 Å². The van der Waals surface area contributed by atoms with Crippen molar-refractivity contribution in [1.29, 1.82) is 0 Å². The average Bonchev–Trinajstić information content (AvgIpc) is 2.64. The molecule has 0 bridgehead atoms. The molecule has 1 aromatic heterocycles. The van der Waals surface area contributed by atoms with Crippen LogP contribution in [0.4, 0.5) is 17.2 Å². The van der Waals surface area contributed by atoms with E-state index in [2.05, 4.69) is 15.6 Å². The van der Waals surface area contributed by atoms with Gasteiger partial charge in [0.2, 0.25) is 6.41 Å². The summed E-state index contributed by atoms with van der Waals surface area (Å²) in [5, 5.41) is 24.5. The molecule has 2 rings (SSSR count). The molecule has 3 N–H and O–H groups in total. The number of nitrogens with zero attached hydrogens (tertiary/aromatic N) is 3. The van der Waals surface area contributed by atoms with Crippen LogP contribution in [0.5, 0.6) is 5.75 Å². The van der Waals surface area contributed by atoms with E-state index in [1.807, 2.05) is 0 Å². The molecule has 2 aromatic rings. The van der Waals surface area contributed by atoms with E-state index in [1.165, 1.54) is 47.5 Å². The summed E-state index contributed by atoms with van der Waals surface area (Å²) in [6, 6.07) is 8.12. The summed E-state index contributed by atoms with van der Waals surface area (Å²) in [7, 11) is 3.38. The Morgan fingerprint density at radius 1 is 1.15 bits per heavy atom. The fourth-order valence-electron chi connectivity index (χ4n) is 1.58. The summed E-state index contributed by atoms with van der Waals surface area (Å²) >= 11 is 0. The third-order valence-electron chi connectivity index (χ3n) is 2.78. The quantitative estimate of drug-likeness (QED) is 0.311. The summed E-state index contributed by atoms with van der Waals surface area (Å²) in [6.07, 6.45) is 2.06.